The Hall–Kier alpha value is -2.50. The van der Waals surface area contributed by atoms with Crippen LogP contribution in [0.25, 0.3) is 0 Å². The van der Waals surface area contributed by atoms with Gasteiger partial charge >= 0.3 is 5.97 Å². The molecule has 2 aromatic rings. The number of carboxylic acids is 1. The Morgan fingerprint density at radius 2 is 2.00 bits per heavy atom. The summed E-state index contributed by atoms with van der Waals surface area (Å²) in [7, 11) is 0. The second-order valence-electron chi connectivity index (χ2n) is 4.26. The molecule has 1 heterocycles. The minimum atomic E-state index is -1.11. The fourth-order valence-corrected chi connectivity index (χ4v) is 1.70. The Morgan fingerprint density at radius 3 is 2.65 bits per heavy atom. The van der Waals surface area contributed by atoms with Gasteiger partial charge in [0.25, 0.3) is 0 Å². The molecular weight excluding hydrogens is 266 g/mol. The van der Waals surface area contributed by atoms with E-state index in [4.69, 9.17) is 5.11 Å². The number of anilines is 1. The number of pyridine rings is 1. The smallest absolute Gasteiger partial charge is 0.339 e. The largest absolute Gasteiger partial charge is 0.478 e. The van der Waals surface area contributed by atoms with E-state index in [-0.39, 0.29) is 17.9 Å². The normalized spacial score (nSPS) is 10.3. The summed E-state index contributed by atoms with van der Waals surface area (Å²) in [5, 5.41) is 11.9. The first kappa shape index (κ1) is 13.9. The minimum absolute atomic E-state index is 0.0261. The molecular formula is C14H12F2N2O2. The van der Waals surface area contributed by atoms with Crippen molar-refractivity contribution in [1.29, 1.82) is 0 Å². The van der Waals surface area contributed by atoms with Gasteiger partial charge in [-0.05, 0) is 36.8 Å². The number of aryl methyl sites for hydroxylation is 1. The number of aromatic nitrogens is 1. The average molecular weight is 278 g/mol. The number of nitrogens with zero attached hydrogens (tertiary/aromatic N) is 1. The van der Waals surface area contributed by atoms with E-state index in [1.165, 1.54) is 12.1 Å². The van der Waals surface area contributed by atoms with Crippen molar-refractivity contribution in [2.75, 3.05) is 5.32 Å². The summed E-state index contributed by atoms with van der Waals surface area (Å²) in [6.45, 7) is 1.88. The molecule has 4 nitrogen and oxygen atoms in total. The van der Waals surface area contributed by atoms with E-state index in [1.807, 2.05) is 0 Å². The Kier molecular flexibility index (Phi) is 3.93. The van der Waals surface area contributed by atoms with E-state index in [9.17, 15) is 13.6 Å². The summed E-state index contributed by atoms with van der Waals surface area (Å²) in [5.41, 5.74) is 1.17. The van der Waals surface area contributed by atoms with Crippen LogP contribution in [0.4, 0.5) is 14.6 Å². The molecule has 1 aromatic carbocycles. The van der Waals surface area contributed by atoms with E-state index in [1.54, 1.807) is 13.0 Å². The molecule has 2 N–H and O–H groups in total. The molecule has 0 aliphatic carbocycles. The number of rotatable bonds is 4. The summed E-state index contributed by atoms with van der Waals surface area (Å²) in [4.78, 5) is 15.1. The lowest BCUT2D eigenvalue weighted by molar-refractivity contribution is 0.0697. The summed E-state index contributed by atoms with van der Waals surface area (Å²) >= 11 is 0. The molecule has 0 spiro atoms. The number of carboxylic acid groups (broad SMARTS) is 1. The lowest BCUT2D eigenvalue weighted by Gasteiger charge is -2.09. The molecule has 20 heavy (non-hydrogen) atoms. The molecule has 0 saturated carbocycles. The molecule has 0 atom stereocenters. The van der Waals surface area contributed by atoms with Crippen molar-refractivity contribution in [3.05, 3.63) is 58.8 Å². The zero-order valence-corrected chi connectivity index (χ0v) is 10.7. The standard InChI is InChI=1S/C14H12F2N2O2/c1-8-2-4-10(14(19)20)13(18-8)17-7-9-3-5-11(15)12(16)6-9/h2-6H,7H2,1H3,(H,17,18)(H,19,20). The Balaban J connectivity index is 2.20. The molecule has 6 heteroatoms. The van der Waals surface area contributed by atoms with Crippen LogP contribution < -0.4 is 5.32 Å². The van der Waals surface area contributed by atoms with Crippen molar-refractivity contribution in [2.45, 2.75) is 13.5 Å². The van der Waals surface area contributed by atoms with Crippen molar-refractivity contribution in [3.8, 4) is 0 Å². The van der Waals surface area contributed by atoms with Crippen molar-refractivity contribution in [3.63, 3.8) is 0 Å². The molecule has 0 amide bonds. The fraction of sp³-hybridized carbons (Fsp3) is 0.143. The third-order valence-corrected chi connectivity index (χ3v) is 2.71. The van der Waals surface area contributed by atoms with Gasteiger partial charge in [0.15, 0.2) is 11.6 Å². The Morgan fingerprint density at radius 1 is 1.25 bits per heavy atom. The van der Waals surface area contributed by atoms with E-state index < -0.39 is 17.6 Å². The maximum absolute atomic E-state index is 13.1. The highest BCUT2D eigenvalue weighted by Crippen LogP contribution is 2.16. The van der Waals surface area contributed by atoms with Crippen LogP contribution in [-0.4, -0.2) is 16.1 Å². The van der Waals surface area contributed by atoms with Crippen molar-refractivity contribution in [2.24, 2.45) is 0 Å². The zero-order valence-electron chi connectivity index (χ0n) is 10.7. The highest BCUT2D eigenvalue weighted by Gasteiger charge is 2.11. The molecule has 0 radical (unpaired) electrons. The van der Waals surface area contributed by atoms with Crippen LogP contribution in [-0.2, 0) is 6.54 Å². The molecule has 0 aliphatic rings. The lowest BCUT2D eigenvalue weighted by atomic mass is 10.2. The van der Waals surface area contributed by atoms with Crippen LogP contribution in [0.5, 0.6) is 0 Å². The first-order valence-corrected chi connectivity index (χ1v) is 5.86. The number of carbonyl (C=O) groups is 1. The summed E-state index contributed by atoms with van der Waals surface area (Å²) < 4.78 is 25.9. The van der Waals surface area contributed by atoms with E-state index >= 15 is 0 Å². The first-order valence-electron chi connectivity index (χ1n) is 5.86. The van der Waals surface area contributed by atoms with Crippen molar-refractivity contribution in [1.82, 2.24) is 4.98 Å². The maximum atomic E-state index is 13.1. The van der Waals surface area contributed by atoms with Gasteiger partial charge in [0.05, 0.1) is 0 Å². The van der Waals surface area contributed by atoms with Gasteiger partial charge in [-0.15, -0.1) is 0 Å². The Bertz CT molecular complexity index is 660. The summed E-state index contributed by atoms with van der Waals surface area (Å²) in [5.74, 6) is -2.78. The average Bonchev–Trinajstić information content (AvgIpc) is 2.40. The number of halogens is 2. The topological polar surface area (TPSA) is 62.2 Å². The zero-order chi connectivity index (χ0) is 14.7. The quantitative estimate of drug-likeness (QED) is 0.902. The van der Waals surface area contributed by atoms with Gasteiger partial charge in [-0.25, -0.2) is 18.6 Å². The molecule has 0 aliphatic heterocycles. The van der Waals surface area contributed by atoms with Gasteiger partial charge in [0, 0.05) is 12.2 Å². The number of nitrogens with one attached hydrogen (secondary N) is 1. The number of hydrogen-bond donors (Lipinski definition) is 2. The fourth-order valence-electron chi connectivity index (χ4n) is 1.70. The summed E-state index contributed by atoms with van der Waals surface area (Å²) in [6, 6.07) is 6.53. The Labute approximate surface area is 114 Å². The number of benzene rings is 1. The van der Waals surface area contributed by atoms with Crippen molar-refractivity contribution >= 4 is 11.8 Å². The third-order valence-electron chi connectivity index (χ3n) is 2.71. The van der Waals surface area contributed by atoms with Crippen LogP contribution in [0, 0.1) is 18.6 Å². The number of aromatic carboxylic acids is 1. The molecule has 2 rings (SSSR count). The predicted molar refractivity (Wildman–Crippen MR) is 69.6 cm³/mol. The van der Waals surface area contributed by atoms with Gasteiger partial charge in [-0.2, -0.15) is 0 Å². The van der Waals surface area contributed by atoms with Gasteiger partial charge in [-0.1, -0.05) is 6.07 Å². The number of hydrogen-bond acceptors (Lipinski definition) is 3. The van der Waals surface area contributed by atoms with Gasteiger partial charge < -0.3 is 10.4 Å². The highest BCUT2D eigenvalue weighted by molar-refractivity contribution is 5.93. The van der Waals surface area contributed by atoms with Crippen LogP contribution >= 0.6 is 0 Å². The lowest BCUT2D eigenvalue weighted by Crippen LogP contribution is -2.09. The van der Waals surface area contributed by atoms with E-state index in [2.05, 4.69) is 10.3 Å². The van der Waals surface area contributed by atoms with Gasteiger partial charge in [0.1, 0.15) is 11.4 Å². The second-order valence-corrected chi connectivity index (χ2v) is 4.26. The molecule has 104 valence electrons. The highest BCUT2D eigenvalue weighted by atomic mass is 19.2. The third kappa shape index (κ3) is 3.09. The SMILES string of the molecule is Cc1ccc(C(=O)O)c(NCc2ccc(F)c(F)c2)n1. The van der Waals surface area contributed by atoms with E-state index in [0.717, 1.165) is 12.1 Å². The summed E-state index contributed by atoms with van der Waals surface area (Å²) in [6.07, 6.45) is 0. The molecule has 0 bridgehead atoms. The molecule has 0 fully saturated rings. The monoisotopic (exact) mass is 278 g/mol. The first-order chi connectivity index (χ1) is 9.47. The van der Waals surface area contributed by atoms with E-state index in [0.29, 0.717) is 11.3 Å². The second kappa shape index (κ2) is 5.64. The van der Waals surface area contributed by atoms with Crippen LogP contribution in [0.2, 0.25) is 0 Å². The predicted octanol–water partition coefficient (Wildman–Crippen LogP) is 2.98. The molecule has 0 saturated heterocycles. The maximum Gasteiger partial charge on any atom is 0.339 e. The molecule has 0 unspecified atom stereocenters. The van der Waals surface area contributed by atoms with Gasteiger partial charge in [-0.3, -0.25) is 0 Å². The van der Waals surface area contributed by atoms with Crippen LogP contribution in [0.1, 0.15) is 21.6 Å². The molecule has 1 aromatic heterocycles. The van der Waals surface area contributed by atoms with Gasteiger partial charge in [0.2, 0.25) is 0 Å². The minimum Gasteiger partial charge on any atom is -0.478 e. The van der Waals surface area contributed by atoms with Crippen LogP contribution in [0.3, 0.4) is 0 Å². The van der Waals surface area contributed by atoms with Crippen LogP contribution in [0.15, 0.2) is 30.3 Å². The van der Waals surface area contributed by atoms with Crippen molar-refractivity contribution < 1.29 is 18.7 Å².